The number of aromatic nitrogens is 1. The van der Waals surface area contributed by atoms with E-state index in [1.807, 2.05) is 65.0 Å². The van der Waals surface area contributed by atoms with Gasteiger partial charge in [0.1, 0.15) is 17.9 Å². The molecule has 0 bridgehead atoms. The van der Waals surface area contributed by atoms with E-state index in [9.17, 15) is 14.7 Å². The molecule has 0 fully saturated rings. The van der Waals surface area contributed by atoms with Gasteiger partial charge in [0.05, 0.1) is 19.1 Å². The maximum atomic E-state index is 11.7. The average Bonchev–Trinajstić information content (AvgIpc) is 3.39. The number of aliphatic hydroxyl groups excluding tert-OH is 1. The zero-order valence-electron chi connectivity index (χ0n) is 26.3. The maximum absolute atomic E-state index is 11.7. The van der Waals surface area contributed by atoms with E-state index in [0.29, 0.717) is 24.5 Å². The molecule has 4 unspecified atom stereocenters. The molecule has 41 heavy (non-hydrogen) atoms. The van der Waals surface area contributed by atoms with Crippen molar-refractivity contribution >= 4 is 30.0 Å². The predicted molar refractivity (Wildman–Crippen MR) is 168 cm³/mol. The summed E-state index contributed by atoms with van der Waals surface area (Å²) in [5.74, 6) is -0.151. The van der Waals surface area contributed by atoms with E-state index >= 15 is 0 Å². The van der Waals surface area contributed by atoms with Gasteiger partial charge in [0.2, 0.25) is 5.91 Å². The number of carbonyl (C=O) groups is 3. The third-order valence-corrected chi connectivity index (χ3v) is 6.97. The average molecular weight is 595 g/mol. The molecule has 0 aliphatic rings. The first kappa shape index (κ1) is 40.5. The van der Waals surface area contributed by atoms with E-state index in [1.54, 1.807) is 11.9 Å². The van der Waals surface area contributed by atoms with Crippen molar-refractivity contribution in [2.24, 2.45) is 23.3 Å². The van der Waals surface area contributed by atoms with Crippen molar-refractivity contribution < 1.29 is 24.2 Å². The fourth-order valence-corrected chi connectivity index (χ4v) is 4.69. The summed E-state index contributed by atoms with van der Waals surface area (Å²) in [5, 5.41) is 12.9. The molecule has 5 N–H and O–H groups in total. The molecule has 0 spiro atoms. The molecule has 0 aliphatic carbocycles. The molecule has 10 heteroatoms. The second-order valence-corrected chi connectivity index (χ2v) is 11.0. The van der Waals surface area contributed by atoms with Crippen LogP contribution in [-0.4, -0.2) is 65.9 Å². The minimum atomic E-state index is -0.640. The fraction of sp³-hybridized carbons (Fsp3) is 0.613. The Morgan fingerprint density at radius 2 is 1.66 bits per heavy atom. The van der Waals surface area contributed by atoms with Gasteiger partial charge in [0.15, 0.2) is 0 Å². The van der Waals surface area contributed by atoms with Crippen molar-refractivity contribution in [3.63, 3.8) is 0 Å². The van der Waals surface area contributed by atoms with Gasteiger partial charge in [0, 0.05) is 36.6 Å². The van der Waals surface area contributed by atoms with Crippen molar-refractivity contribution in [2.45, 2.75) is 92.3 Å². The number of esters is 1. The number of thiazole rings is 1. The lowest BCUT2D eigenvalue weighted by molar-refractivity contribution is -0.147. The molecule has 0 saturated carbocycles. The van der Waals surface area contributed by atoms with E-state index in [2.05, 4.69) is 31.0 Å². The van der Waals surface area contributed by atoms with Crippen molar-refractivity contribution in [3.8, 4) is 0 Å². The van der Waals surface area contributed by atoms with Crippen molar-refractivity contribution in [2.75, 3.05) is 20.2 Å². The van der Waals surface area contributed by atoms with Crippen LogP contribution in [-0.2, 0) is 25.5 Å². The lowest BCUT2D eigenvalue weighted by Gasteiger charge is -2.32. The van der Waals surface area contributed by atoms with E-state index in [1.165, 1.54) is 23.3 Å². The number of aryl methyl sites for hydroxylation is 1. The number of amides is 1. The molecular weight excluding hydrogens is 540 g/mol. The van der Waals surface area contributed by atoms with Gasteiger partial charge >= 0.3 is 5.97 Å². The van der Waals surface area contributed by atoms with Gasteiger partial charge in [-0.05, 0) is 38.2 Å². The number of likely N-dealkylation sites (N-methyl/N-ethyl adjacent to an activating group) is 1. The zero-order chi connectivity index (χ0) is 32.0. The minimum Gasteiger partial charge on any atom is -0.466 e. The second-order valence-electron chi connectivity index (χ2n) is 10.1. The Morgan fingerprint density at radius 1 is 1.10 bits per heavy atom. The number of hydrogen-bond donors (Lipinski definition) is 3. The maximum Gasteiger partial charge on any atom is 0.308 e. The Morgan fingerprint density at radius 3 is 2.10 bits per heavy atom. The van der Waals surface area contributed by atoms with Crippen LogP contribution in [0.25, 0.3) is 0 Å². The highest BCUT2D eigenvalue weighted by Gasteiger charge is 2.26. The molecule has 0 radical (unpaired) electrons. The molecule has 2 aromatic rings. The highest BCUT2D eigenvalue weighted by Crippen LogP contribution is 2.26. The molecule has 234 valence electrons. The highest BCUT2D eigenvalue weighted by atomic mass is 32.1. The Labute approximate surface area is 251 Å². The van der Waals surface area contributed by atoms with Gasteiger partial charge in [-0.1, -0.05) is 71.4 Å². The summed E-state index contributed by atoms with van der Waals surface area (Å²) in [7, 11) is 1.74. The minimum absolute atomic E-state index is 0.00296. The normalized spacial score (nSPS) is 13.1. The monoisotopic (exact) mass is 594 g/mol. The van der Waals surface area contributed by atoms with E-state index in [4.69, 9.17) is 21.0 Å². The number of carbonyl (C=O) groups excluding carboxylic acids is 3. The van der Waals surface area contributed by atoms with E-state index < -0.39 is 6.10 Å². The summed E-state index contributed by atoms with van der Waals surface area (Å²) in [6.45, 7) is 16.3. The van der Waals surface area contributed by atoms with Gasteiger partial charge in [-0.25, -0.2) is 4.98 Å². The lowest BCUT2D eigenvalue weighted by atomic mass is 9.96. The number of nitrogens with zero attached hydrogens (tertiary/aromatic N) is 2. The molecular formula is C31H54N4O5S. The zero-order valence-corrected chi connectivity index (χ0v) is 27.2. The number of nitrogens with two attached hydrogens (primary N) is 2. The van der Waals surface area contributed by atoms with Crippen LogP contribution in [0.3, 0.4) is 0 Å². The van der Waals surface area contributed by atoms with Crippen LogP contribution >= 0.6 is 11.3 Å². The summed E-state index contributed by atoms with van der Waals surface area (Å²) in [6, 6.07) is 10.0. The topological polar surface area (TPSA) is 149 Å². The number of benzene rings is 1. The van der Waals surface area contributed by atoms with Gasteiger partial charge < -0.3 is 31.0 Å². The van der Waals surface area contributed by atoms with E-state index in [-0.39, 0.29) is 42.3 Å². The molecule has 2 rings (SSSR count). The molecule has 1 aromatic carbocycles. The third kappa shape index (κ3) is 17.7. The summed E-state index contributed by atoms with van der Waals surface area (Å²) in [4.78, 5) is 37.1. The second kappa shape index (κ2) is 24.0. The molecule has 1 aromatic heterocycles. The molecule has 0 aliphatic heterocycles. The molecule has 0 saturated heterocycles. The van der Waals surface area contributed by atoms with Gasteiger partial charge in [0.25, 0.3) is 0 Å². The third-order valence-electron chi connectivity index (χ3n) is 5.91. The van der Waals surface area contributed by atoms with Crippen LogP contribution in [0.2, 0.25) is 0 Å². The molecule has 1 heterocycles. The summed E-state index contributed by atoms with van der Waals surface area (Å²) >= 11 is 1.45. The largest absolute Gasteiger partial charge is 0.466 e. The Hall–Kier alpha value is -2.66. The molecule has 9 nitrogen and oxygen atoms in total. The first-order chi connectivity index (χ1) is 19.4. The van der Waals surface area contributed by atoms with Crippen LogP contribution in [0.1, 0.15) is 83.2 Å². The standard InChI is InChI=1S/C14H21NO2.C13H23N3O2S.C3H8.CH2O/c1-3-17-14(16)11(2)9-13(15)10-12-7-5-4-6-8-12;1-8(2)10(16(4)12(18)6-14)5-11(17)13-15-9(3)7-19-13;1-3-2;1-2/h4-8,11,13H,3,9-10,15H2,1-2H3;7-8,10-11,17H,5-6,14H2,1-4H3;3H2,1-2H3;1H2. The van der Waals surface area contributed by atoms with Crippen LogP contribution in [0, 0.1) is 18.8 Å². The fourth-order valence-electron chi connectivity index (χ4n) is 3.90. The van der Waals surface area contributed by atoms with Crippen LogP contribution in [0.5, 0.6) is 0 Å². The summed E-state index contributed by atoms with van der Waals surface area (Å²) in [5.41, 5.74) is 13.5. The van der Waals surface area contributed by atoms with Gasteiger partial charge in [-0.2, -0.15) is 0 Å². The summed E-state index contributed by atoms with van der Waals surface area (Å²) < 4.78 is 4.96. The molecule has 1 amide bonds. The van der Waals surface area contributed by atoms with Crippen molar-refractivity contribution in [3.05, 3.63) is 52.0 Å². The Balaban J connectivity index is 0. The van der Waals surface area contributed by atoms with Crippen LogP contribution in [0.4, 0.5) is 0 Å². The van der Waals surface area contributed by atoms with E-state index in [0.717, 1.165) is 12.1 Å². The van der Waals surface area contributed by atoms with Crippen molar-refractivity contribution in [1.82, 2.24) is 9.88 Å². The quantitative estimate of drug-likeness (QED) is 0.300. The SMILES string of the molecule is C=O.CCC.CCOC(=O)C(C)CC(N)Cc1ccccc1.Cc1csc(C(O)CC(C(C)C)N(C)C(=O)CN)n1. The number of rotatable bonds is 12. The number of aliphatic hydroxyl groups is 1. The van der Waals surface area contributed by atoms with Gasteiger partial charge in [-0.3, -0.25) is 9.59 Å². The van der Waals surface area contributed by atoms with Crippen LogP contribution in [0.15, 0.2) is 35.7 Å². The van der Waals surface area contributed by atoms with Gasteiger partial charge in [-0.15, -0.1) is 11.3 Å². The Bertz CT molecular complexity index is 942. The Kier molecular flexibility index (Phi) is 23.7. The summed E-state index contributed by atoms with van der Waals surface area (Å²) in [6.07, 6.45) is 2.55. The lowest BCUT2D eigenvalue weighted by Crippen LogP contribution is -2.44. The smallest absolute Gasteiger partial charge is 0.308 e. The first-order valence-electron chi connectivity index (χ1n) is 14.2. The number of hydrogen-bond acceptors (Lipinski definition) is 9. The number of ether oxygens (including phenoxy) is 1. The first-order valence-corrected chi connectivity index (χ1v) is 15.1. The van der Waals surface area contributed by atoms with Crippen molar-refractivity contribution in [1.29, 1.82) is 0 Å². The predicted octanol–water partition coefficient (Wildman–Crippen LogP) is 4.69. The van der Waals surface area contributed by atoms with Crippen LogP contribution < -0.4 is 11.5 Å². The molecule has 4 atom stereocenters. The highest BCUT2D eigenvalue weighted by molar-refractivity contribution is 7.09.